The maximum Gasteiger partial charge on any atom is 0.410 e. The Bertz CT molecular complexity index is 2790. The Labute approximate surface area is 533 Å². The molecule has 8 N–H and O–H groups in total. The molecule has 4 aliphatic rings. The molecule has 0 aliphatic carbocycles. The summed E-state index contributed by atoms with van der Waals surface area (Å²) in [5, 5.41) is 40.7. The number of aliphatic hydroxyl groups is 3. The number of piperazine rings is 1. The van der Waals surface area contributed by atoms with Crippen LogP contribution in [-0.4, -0.2) is 189 Å². The van der Waals surface area contributed by atoms with Gasteiger partial charge in [0.25, 0.3) is 11.8 Å². The first-order chi connectivity index (χ1) is 43.0. The van der Waals surface area contributed by atoms with Crippen LogP contribution < -0.4 is 21.7 Å². The molecule has 4 aliphatic heterocycles. The number of nitrogens with zero attached hydrogens (tertiary/aromatic N) is 3. The van der Waals surface area contributed by atoms with Crippen LogP contribution in [0.15, 0.2) is 72.4 Å². The Morgan fingerprint density at radius 3 is 2.21 bits per heavy atom. The number of primary amides is 1. The van der Waals surface area contributed by atoms with Crippen molar-refractivity contribution in [1.29, 1.82) is 0 Å². The maximum absolute atomic E-state index is 14.0. The van der Waals surface area contributed by atoms with Gasteiger partial charge in [0.15, 0.2) is 11.9 Å². The van der Waals surface area contributed by atoms with Crippen LogP contribution in [0.3, 0.4) is 0 Å². The number of ether oxygens (including phenoxy) is 5. The highest BCUT2D eigenvalue weighted by atomic mass is 16.6. The lowest BCUT2D eigenvalue weighted by molar-refractivity contribution is -0.168. The van der Waals surface area contributed by atoms with Gasteiger partial charge >= 0.3 is 30.2 Å². The number of allylic oxidation sites excluding steroid dienone is 2. The molecule has 2 fully saturated rings. The van der Waals surface area contributed by atoms with Crippen molar-refractivity contribution in [2.45, 2.75) is 200 Å². The SMILES string of the molecule is CC[C@H](O)[C@@H](C)[C@H]1O[C@@H]1C[C@@](C)(O)/C=C/C=C(\C)[C@H]1OC(=O)C[C@H](O)CC[C@@](C)(OC(C)=O)[C@@H](OC(=O)N2CCN(C(=O)OCCc3ccc(NC(=O)[C@H](CCCNC(N)=O)CC(=O)[C@@H](NC(=O)CCCCCN4C(=O)C=CC4=O)C(C)C)cc3)CC2)/C=C/[C@@H]1C. The van der Waals surface area contributed by atoms with Crippen LogP contribution in [0, 0.1) is 23.7 Å². The molecule has 504 valence electrons. The van der Waals surface area contributed by atoms with E-state index in [1.807, 2.05) is 13.8 Å². The lowest BCUT2D eigenvalue weighted by atomic mass is 9.88. The second kappa shape index (κ2) is 35.4. The molecule has 12 atom stereocenters. The average Bonchev–Trinajstić information content (AvgIpc) is 1.83. The van der Waals surface area contributed by atoms with Crippen molar-refractivity contribution in [1.82, 2.24) is 25.3 Å². The summed E-state index contributed by atoms with van der Waals surface area (Å²) in [7, 11) is 0. The van der Waals surface area contributed by atoms with Crippen LogP contribution in [-0.2, 0) is 63.7 Å². The van der Waals surface area contributed by atoms with Gasteiger partial charge in [0.05, 0.1) is 49.1 Å². The number of cyclic esters (lactones) is 1. The van der Waals surface area contributed by atoms with Crippen LogP contribution in [0.4, 0.5) is 20.1 Å². The number of Topliss-reactive ketones (excluding diaryl/α,β-unsaturated/α-hetero) is 1. The van der Waals surface area contributed by atoms with Gasteiger partial charge in [-0.15, -0.1) is 0 Å². The van der Waals surface area contributed by atoms with E-state index in [9.17, 15) is 63.3 Å². The Morgan fingerprint density at radius 1 is 0.923 bits per heavy atom. The number of carbonyl (C=O) groups is 10. The van der Waals surface area contributed by atoms with E-state index in [4.69, 9.17) is 29.4 Å². The number of hydrogen-bond donors (Lipinski definition) is 7. The van der Waals surface area contributed by atoms with Gasteiger partial charge in [-0.25, -0.2) is 14.4 Å². The quantitative estimate of drug-likeness (QED) is 0.00901. The van der Waals surface area contributed by atoms with E-state index in [-0.39, 0.29) is 132 Å². The molecule has 2 saturated heterocycles. The third-order valence-corrected chi connectivity index (χ3v) is 16.9. The maximum atomic E-state index is 14.0. The number of ketones is 1. The van der Waals surface area contributed by atoms with E-state index in [0.717, 1.165) is 10.5 Å². The number of imide groups is 1. The molecule has 0 saturated carbocycles. The highest BCUT2D eigenvalue weighted by molar-refractivity contribution is 6.12. The molecule has 25 nitrogen and oxygen atoms in total. The van der Waals surface area contributed by atoms with Crippen LogP contribution in [0.2, 0.25) is 0 Å². The van der Waals surface area contributed by atoms with Gasteiger partial charge in [-0.1, -0.05) is 77.5 Å². The number of anilines is 1. The third-order valence-electron chi connectivity index (χ3n) is 16.9. The number of carbonyl (C=O) groups excluding carboxylic acids is 10. The summed E-state index contributed by atoms with van der Waals surface area (Å²) < 4.78 is 29.3. The molecule has 1 aromatic rings. The fourth-order valence-electron chi connectivity index (χ4n) is 11.3. The smallest absolute Gasteiger partial charge is 0.410 e. The largest absolute Gasteiger partial charge is 0.457 e. The number of nitrogens with two attached hydrogens (primary N) is 1. The summed E-state index contributed by atoms with van der Waals surface area (Å²) in [6, 6.07) is 5.27. The van der Waals surface area contributed by atoms with E-state index >= 15 is 0 Å². The first-order valence-corrected chi connectivity index (χ1v) is 31.8. The Balaban J connectivity index is 1.13. The number of unbranched alkanes of at least 4 members (excludes halogenated alkanes) is 2. The van der Waals surface area contributed by atoms with Gasteiger partial charge in [-0.2, -0.15) is 0 Å². The molecule has 4 heterocycles. The van der Waals surface area contributed by atoms with Crippen molar-refractivity contribution in [2.75, 3.05) is 51.2 Å². The molecule has 0 radical (unpaired) electrons. The van der Waals surface area contributed by atoms with Crippen molar-refractivity contribution in [3.8, 4) is 0 Å². The van der Waals surface area contributed by atoms with Crippen molar-refractivity contribution < 1.29 is 86.9 Å². The molecule has 1 aromatic carbocycles. The first kappa shape index (κ1) is 74.2. The fourth-order valence-corrected chi connectivity index (χ4v) is 11.3. The van der Waals surface area contributed by atoms with E-state index < -0.39 is 89.6 Å². The molecule has 0 bridgehead atoms. The normalized spacial score (nSPS) is 24.6. The van der Waals surface area contributed by atoms with Crippen LogP contribution >= 0.6 is 0 Å². The predicted octanol–water partition coefficient (Wildman–Crippen LogP) is 5.87. The average molecular weight is 1280 g/mol. The number of amides is 8. The summed E-state index contributed by atoms with van der Waals surface area (Å²) in [4.78, 5) is 133. The second-order valence-electron chi connectivity index (χ2n) is 25.2. The fraction of sp³-hybridized carbons (Fsp3) is 0.636. The molecule has 8 amide bonds. The monoisotopic (exact) mass is 1280 g/mol. The molecule has 0 unspecified atom stereocenters. The lowest BCUT2D eigenvalue weighted by Gasteiger charge is -2.38. The van der Waals surface area contributed by atoms with Crippen molar-refractivity contribution in [3.63, 3.8) is 0 Å². The summed E-state index contributed by atoms with van der Waals surface area (Å²) in [5.41, 5.74) is 4.33. The van der Waals surface area contributed by atoms with E-state index in [1.165, 1.54) is 28.9 Å². The van der Waals surface area contributed by atoms with Gasteiger partial charge in [-0.3, -0.25) is 38.5 Å². The minimum Gasteiger partial charge on any atom is -0.457 e. The predicted molar refractivity (Wildman–Crippen MR) is 335 cm³/mol. The van der Waals surface area contributed by atoms with Crippen molar-refractivity contribution in [3.05, 3.63) is 77.9 Å². The van der Waals surface area contributed by atoms with Gasteiger partial charge in [-0.05, 0) is 101 Å². The molecule has 0 aromatic heterocycles. The molecular formula is C66H97N7O18. The molecular weight excluding hydrogens is 1180 g/mol. The van der Waals surface area contributed by atoms with Crippen LogP contribution in [0.1, 0.15) is 145 Å². The van der Waals surface area contributed by atoms with Gasteiger partial charge in [0.1, 0.15) is 11.7 Å². The Hall–Kier alpha value is -7.48. The number of hydrogen-bond acceptors (Lipinski definition) is 18. The number of aliphatic hydroxyl groups excluding tert-OH is 2. The summed E-state index contributed by atoms with van der Waals surface area (Å²) in [6.07, 6.45) is 8.22. The van der Waals surface area contributed by atoms with E-state index in [2.05, 4.69) is 16.0 Å². The van der Waals surface area contributed by atoms with Gasteiger partial charge in [0, 0.05) is 107 Å². The Kier molecular flexibility index (Phi) is 28.9. The van der Waals surface area contributed by atoms with Crippen molar-refractivity contribution >= 4 is 65.3 Å². The standard InChI is InChI=1S/C66H97N7O18/c1-10-50(76)44(6)60-52(88-60)40-65(8,86)29-14-16-42(4)59-43(5)19-24-53(66(9,91-45(7)74)30-27-49(75)39-57(81)90-59)89-64(85)72-35-33-71(34-36-72)63(84)87-37-28-46-20-22-48(23-21-46)69-61(82)47(17-15-31-68-62(67)83)38-51(77)58(41(2)3)70-54(78)18-12-11-13-32-73-55(79)25-26-56(73)80/h14,16,19-26,29,41,43-44,47,49-50,52-53,58-60,75-76,86H,10-13,15,17-18,27-28,30-40H2,1-9H3,(H,69,82)(H,70,78)(H3,67,68,83)/b24-19+,29-14+,42-16+/t43-,44+,47+,49+,50-,52+,53-,58-,59+,60+,65-,66+/m0/s1. The molecule has 25 heteroatoms. The summed E-state index contributed by atoms with van der Waals surface area (Å²) >= 11 is 0. The van der Waals surface area contributed by atoms with Crippen LogP contribution in [0.5, 0.6) is 0 Å². The number of rotatable bonds is 30. The zero-order valence-corrected chi connectivity index (χ0v) is 54.2. The van der Waals surface area contributed by atoms with Crippen LogP contribution in [0.25, 0.3) is 0 Å². The highest BCUT2D eigenvalue weighted by Crippen LogP contribution is 2.38. The summed E-state index contributed by atoms with van der Waals surface area (Å²) in [5.74, 6) is -4.90. The van der Waals surface area contributed by atoms with Gasteiger partial charge in [0.2, 0.25) is 11.8 Å². The topological polar surface area (TPSA) is 353 Å². The minimum absolute atomic E-state index is 0.00427. The second-order valence-corrected chi connectivity index (χ2v) is 25.2. The number of nitrogens with one attached hydrogen (secondary N) is 3. The zero-order valence-electron chi connectivity index (χ0n) is 54.2. The van der Waals surface area contributed by atoms with Gasteiger partial charge < -0.3 is 70.5 Å². The number of urea groups is 1. The lowest BCUT2D eigenvalue weighted by Crippen LogP contribution is -2.53. The minimum atomic E-state index is -1.49. The first-order valence-electron chi connectivity index (χ1n) is 31.8. The number of epoxide rings is 1. The summed E-state index contributed by atoms with van der Waals surface area (Å²) in [6.45, 7) is 16.3. The van der Waals surface area contributed by atoms with E-state index in [1.54, 1.807) is 96.2 Å². The molecule has 5 rings (SSSR count). The van der Waals surface area contributed by atoms with Crippen molar-refractivity contribution in [2.24, 2.45) is 29.4 Å². The molecule has 0 spiro atoms. The molecule has 91 heavy (non-hydrogen) atoms. The Morgan fingerprint density at radius 2 is 1.58 bits per heavy atom. The van der Waals surface area contributed by atoms with E-state index in [0.29, 0.717) is 56.2 Å². The zero-order chi connectivity index (χ0) is 67.2. The third kappa shape index (κ3) is 24.3. The number of benzene rings is 1. The number of esters is 2. The highest BCUT2D eigenvalue weighted by Gasteiger charge is 2.47.